The monoisotopic (exact) mass is 284 g/mol. The Kier molecular flexibility index (Phi) is 2.74. The lowest BCUT2D eigenvalue weighted by atomic mass is 9.93. The molecule has 3 N–H and O–H groups in total. The van der Waals surface area contributed by atoms with Gasteiger partial charge in [0.15, 0.2) is 11.0 Å². The Balaban J connectivity index is 2.27. The van der Waals surface area contributed by atoms with Crippen molar-refractivity contribution in [1.29, 1.82) is 0 Å². The predicted octanol–water partition coefficient (Wildman–Crippen LogP) is 2.07. The van der Waals surface area contributed by atoms with E-state index in [0.717, 1.165) is 12.1 Å². The number of benzene rings is 1. The molecular formula is C16H12O5. The van der Waals surface area contributed by atoms with Gasteiger partial charge in [-0.1, -0.05) is 18.7 Å². The van der Waals surface area contributed by atoms with Crippen LogP contribution in [-0.4, -0.2) is 15.3 Å². The van der Waals surface area contributed by atoms with Crippen molar-refractivity contribution in [2.45, 2.75) is 5.60 Å². The Hall–Kier alpha value is -2.79. The predicted molar refractivity (Wildman–Crippen MR) is 77.1 cm³/mol. The van der Waals surface area contributed by atoms with Crippen LogP contribution in [0.15, 0.2) is 63.9 Å². The highest BCUT2D eigenvalue weighted by atomic mass is 16.4. The molecule has 1 heterocycles. The van der Waals surface area contributed by atoms with Crippen LogP contribution in [0.1, 0.15) is 5.76 Å². The topological polar surface area (TPSA) is 90.9 Å². The zero-order valence-electron chi connectivity index (χ0n) is 10.9. The molecule has 1 aromatic heterocycles. The molecule has 0 bridgehead atoms. The first-order chi connectivity index (χ1) is 9.89. The van der Waals surface area contributed by atoms with E-state index in [1.807, 2.05) is 0 Å². The van der Waals surface area contributed by atoms with Gasteiger partial charge in [-0.25, -0.2) is 0 Å². The van der Waals surface area contributed by atoms with Crippen LogP contribution < -0.4 is 5.43 Å². The molecule has 1 aliphatic carbocycles. The third kappa shape index (κ3) is 2.13. The van der Waals surface area contributed by atoms with E-state index in [0.29, 0.717) is 5.57 Å². The molecule has 5 heteroatoms. The maximum atomic E-state index is 12.1. The molecule has 5 nitrogen and oxygen atoms in total. The van der Waals surface area contributed by atoms with E-state index in [4.69, 9.17) is 4.42 Å². The largest absolute Gasteiger partial charge is 0.508 e. The number of hydrogen-bond acceptors (Lipinski definition) is 5. The van der Waals surface area contributed by atoms with E-state index >= 15 is 0 Å². The summed E-state index contributed by atoms with van der Waals surface area (Å²) in [6, 6.07) is 3.37. The maximum Gasteiger partial charge on any atom is 0.196 e. The average molecular weight is 284 g/mol. The van der Waals surface area contributed by atoms with E-state index in [1.165, 1.54) is 18.2 Å². The zero-order chi connectivity index (χ0) is 15.2. The molecule has 0 saturated heterocycles. The van der Waals surface area contributed by atoms with Gasteiger partial charge in [-0.15, -0.1) is 0 Å². The van der Waals surface area contributed by atoms with Crippen LogP contribution in [0, 0.1) is 0 Å². The van der Waals surface area contributed by atoms with Crippen molar-refractivity contribution < 1.29 is 19.7 Å². The Morgan fingerprint density at radius 2 is 1.76 bits per heavy atom. The standard InChI is InChI=1S/C16H12O5/c1-9-2-4-16(20,5-3-9)14-8-12(19)15-11(18)6-10(17)7-13(15)21-14/h2-8,17-18,20H,1H2. The summed E-state index contributed by atoms with van der Waals surface area (Å²) in [5, 5.41) is 29.7. The van der Waals surface area contributed by atoms with E-state index < -0.39 is 11.0 Å². The van der Waals surface area contributed by atoms with Crippen molar-refractivity contribution in [1.82, 2.24) is 0 Å². The second-order valence-electron chi connectivity index (χ2n) is 4.88. The van der Waals surface area contributed by atoms with Gasteiger partial charge in [0.2, 0.25) is 0 Å². The molecule has 0 spiro atoms. The highest BCUT2D eigenvalue weighted by Gasteiger charge is 2.29. The maximum absolute atomic E-state index is 12.1. The van der Waals surface area contributed by atoms with Gasteiger partial charge in [0.1, 0.15) is 28.2 Å². The summed E-state index contributed by atoms with van der Waals surface area (Å²) in [5.41, 5.74) is -1.38. The normalized spacial score (nSPS) is 16.5. The number of rotatable bonds is 1. The van der Waals surface area contributed by atoms with Gasteiger partial charge in [-0.3, -0.25) is 4.79 Å². The minimum absolute atomic E-state index is 0.00498. The van der Waals surface area contributed by atoms with Crippen molar-refractivity contribution in [2.75, 3.05) is 0 Å². The van der Waals surface area contributed by atoms with Gasteiger partial charge < -0.3 is 19.7 Å². The number of hydrogen-bond donors (Lipinski definition) is 3. The summed E-state index contributed by atoms with van der Waals surface area (Å²) in [6.07, 6.45) is 6.10. The van der Waals surface area contributed by atoms with Crippen molar-refractivity contribution in [3.63, 3.8) is 0 Å². The Morgan fingerprint density at radius 1 is 1.10 bits per heavy atom. The molecule has 0 aliphatic heterocycles. The molecule has 2 aromatic rings. The second kappa shape index (κ2) is 4.36. The third-order valence-corrected chi connectivity index (χ3v) is 3.29. The van der Waals surface area contributed by atoms with E-state index in [1.54, 1.807) is 12.2 Å². The highest BCUT2D eigenvalue weighted by molar-refractivity contribution is 5.84. The molecule has 0 radical (unpaired) electrons. The molecule has 0 unspecified atom stereocenters. The first kappa shape index (κ1) is 13.2. The van der Waals surface area contributed by atoms with E-state index in [-0.39, 0.29) is 28.2 Å². The fourth-order valence-electron chi connectivity index (χ4n) is 2.19. The average Bonchev–Trinajstić information content (AvgIpc) is 2.41. The summed E-state index contributed by atoms with van der Waals surface area (Å²) in [5.74, 6) is -0.624. The van der Waals surface area contributed by atoms with Crippen LogP contribution in [0.25, 0.3) is 11.0 Å². The van der Waals surface area contributed by atoms with Gasteiger partial charge in [-0.2, -0.15) is 0 Å². The molecule has 3 rings (SSSR count). The van der Waals surface area contributed by atoms with Gasteiger partial charge >= 0.3 is 0 Å². The van der Waals surface area contributed by atoms with Gasteiger partial charge in [0.05, 0.1) is 0 Å². The summed E-state index contributed by atoms with van der Waals surface area (Å²) in [6.45, 7) is 3.72. The lowest BCUT2D eigenvalue weighted by Crippen LogP contribution is -2.23. The number of aromatic hydroxyl groups is 2. The SMILES string of the molecule is C=C1C=CC(O)(c2cc(=O)c3c(O)cc(O)cc3o2)C=C1. The van der Waals surface area contributed by atoms with Crippen LogP contribution in [-0.2, 0) is 5.60 Å². The number of fused-ring (bicyclic) bond motifs is 1. The van der Waals surface area contributed by atoms with Crippen LogP contribution in [0.5, 0.6) is 11.5 Å². The Bertz CT molecular complexity index is 854. The fourth-order valence-corrected chi connectivity index (χ4v) is 2.19. The summed E-state index contributed by atoms with van der Waals surface area (Å²) in [7, 11) is 0. The summed E-state index contributed by atoms with van der Waals surface area (Å²) < 4.78 is 5.48. The number of allylic oxidation sites excluding steroid dienone is 3. The molecule has 106 valence electrons. The van der Waals surface area contributed by atoms with Crippen LogP contribution in [0.3, 0.4) is 0 Å². The lowest BCUT2D eigenvalue weighted by Gasteiger charge is -2.22. The molecule has 1 aliphatic rings. The molecule has 21 heavy (non-hydrogen) atoms. The van der Waals surface area contributed by atoms with Crippen LogP contribution >= 0.6 is 0 Å². The Morgan fingerprint density at radius 3 is 2.43 bits per heavy atom. The molecule has 0 atom stereocenters. The second-order valence-corrected chi connectivity index (χ2v) is 4.88. The Labute approximate surface area is 119 Å². The molecule has 0 fully saturated rings. The number of aliphatic hydroxyl groups is 1. The van der Waals surface area contributed by atoms with Crippen molar-refractivity contribution >= 4 is 11.0 Å². The van der Waals surface area contributed by atoms with E-state index in [9.17, 15) is 20.1 Å². The molecule has 0 saturated carbocycles. The lowest BCUT2D eigenvalue weighted by molar-refractivity contribution is 0.115. The van der Waals surface area contributed by atoms with Crippen molar-refractivity contribution in [2.24, 2.45) is 0 Å². The molecule has 1 aromatic carbocycles. The third-order valence-electron chi connectivity index (χ3n) is 3.29. The van der Waals surface area contributed by atoms with Crippen molar-refractivity contribution in [3.05, 3.63) is 70.6 Å². The fraction of sp³-hybridized carbons (Fsp3) is 0.0625. The minimum atomic E-state index is -1.57. The van der Waals surface area contributed by atoms with Crippen LogP contribution in [0.2, 0.25) is 0 Å². The first-order valence-corrected chi connectivity index (χ1v) is 6.19. The number of phenols is 2. The molecule has 0 amide bonds. The first-order valence-electron chi connectivity index (χ1n) is 6.19. The minimum Gasteiger partial charge on any atom is -0.508 e. The van der Waals surface area contributed by atoms with E-state index in [2.05, 4.69) is 6.58 Å². The highest BCUT2D eigenvalue weighted by Crippen LogP contribution is 2.33. The smallest absolute Gasteiger partial charge is 0.196 e. The van der Waals surface area contributed by atoms with Crippen molar-refractivity contribution in [3.8, 4) is 11.5 Å². The van der Waals surface area contributed by atoms with Gasteiger partial charge in [0, 0.05) is 18.2 Å². The van der Waals surface area contributed by atoms with Gasteiger partial charge in [-0.05, 0) is 17.7 Å². The quantitative estimate of drug-likeness (QED) is 0.745. The zero-order valence-corrected chi connectivity index (χ0v) is 10.9. The molecular weight excluding hydrogens is 272 g/mol. The van der Waals surface area contributed by atoms with Gasteiger partial charge in [0.25, 0.3) is 0 Å². The number of phenolic OH excluding ortho intramolecular Hbond substituents is 2. The summed E-state index contributed by atoms with van der Waals surface area (Å²) >= 11 is 0. The van der Waals surface area contributed by atoms with Crippen LogP contribution in [0.4, 0.5) is 0 Å². The summed E-state index contributed by atoms with van der Waals surface area (Å²) in [4.78, 5) is 12.1.